The summed E-state index contributed by atoms with van der Waals surface area (Å²) in [5, 5.41) is 13.5. The van der Waals surface area contributed by atoms with Gasteiger partial charge in [0.2, 0.25) is 5.91 Å². The van der Waals surface area contributed by atoms with E-state index in [0.717, 1.165) is 22.5 Å². The van der Waals surface area contributed by atoms with Gasteiger partial charge in [-0.05, 0) is 57.0 Å². The number of hydrogen-bond donors (Lipinski definition) is 2. The maximum Gasteiger partial charge on any atom is 0.278 e. The van der Waals surface area contributed by atoms with Crippen LogP contribution in [0.4, 0.5) is 0 Å². The zero-order valence-electron chi connectivity index (χ0n) is 19.4. The predicted octanol–water partition coefficient (Wildman–Crippen LogP) is 3.35. The SMILES string of the molecule is Cc1ccc2[nH]cc(CCNC(=O)Cn3nc(C)c4nn(-c5ccccc5)c(C)c4c3=O)c2c1. The Labute approximate surface area is 196 Å². The molecule has 8 nitrogen and oxygen atoms in total. The normalized spacial score (nSPS) is 11.4. The van der Waals surface area contributed by atoms with Crippen molar-refractivity contribution in [2.75, 3.05) is 6.54 Å². The van der Waals surface area contributed by atoms with E-state index in [-0.39, 0.29) is 18.0 Å². The molecule has 0 saturated heterocycles. The third kappa shape index (κ3) is 3.87. The van der Waals surface area contributed by atoms with Crippen LogP contribution in [-0.4, -0.2) is 37.0 Å². The third-order valence-electron chi connectivity index (χ3n) is 6.11. The van der Waals surface area contributed by atoms with Crippen LogP contribution in [0.1, 0.15) is 22.5 Å². The lowest BCUT2D eigenvalue weighted by Gasteiger charge is -2.08. The van der Waals surface area contributed by atoms with Crippen molar-refractivity contribution in [3.05, 3.63) is 87.6 Å². The van der Waals surface area contributed by atoms with Crippen LogP contribution in [0.2, 0.25) is 0 Å². The third-order valence-corrected chi connectivity index (χ3v) is 6.11. The number of benzene rings is 2. The summed E-state index contributed by atoms with van der Waals surface area (Å²) in [5.74, 6) is -0.252. The number of H-pyrrole nitrogens is 1. The van der Waals surface area contributed by atoms with Crippen LogP contribution in [0.3, 0.4) is 0 Å². The standard InChI is InChI=1S/C26H26N6O2/c1-16-9-10-22-21(13-16)19(14-28-22)11-12-27-23(33)15-31-26(34)24-18(3)32(20-7-5-4-6-8-20)30-25(24)17(2)29-31/h4-10,13-14,28H,11-12,15H2,1-3H3,(H,27,33). The molecular weight excluding hydrogens is 428 g/mol. The Morgan fingerprint density at radius 3 is 2.65 bits per heavy atom. The van der Waals surface area contributed by atoms with E-state index in [0.29, 0.717) is 29.6 Å². The first-order chi connectivity index (χ1) is 16.4. The van der Waals surface area contributed by atoms with Crippen molar-refractivity contribution in [2.45, 2.75) is 33.7 Å². The van der Waals surface area contributed by atoms with Gasteiger partial charge in [0.15, 0.2) is 0 Å². The Morgan fingerprint density at radius 2 is 1.85 bits per heavy atom. The summed E-state index contributed by atoms with van der Waals surface area (Å²) in [5.41, 5.74) is 5.86. The summed E-state index contributed by atoms with van der Waals surface area (Å²) in [6.45, 7) is 6.06. The monoisotopic (exact) mass is 454 g/mol. The quantitative estimate of drug-likeness (QED) is 0.411. The Morgan fingerprint density at radius 1 is 1.06 bits per heavy atom. The minimum absolute atomic E-state index is 0.140. The fraction of sp³-hybridized carbons (Fsp3) is 0.231. The van der Waals surface area contributed by atoms with Crippen molar-refractivity contribution < 1.29 is 4.79 Å². The molecule has 0 spiro atoms. The van der Waals surface area contributed by atoms with E-state index in [2.05, 4.69) is 45.6 Å². The molecule has 0 aliphatic rings. The number of para-hydroxylation sites is 1. The van der Waals surface area contributed by atoms with Gasteiger partial charge in [0.25, 0.3) is 5.56 Å². The van der Waals surface area contributed by atoms with Crippen molar-refractivity contribution in [1.29, 1.82) is 0 Å². The molecule has 3 aromatic heterocycles. The lowest BCUT2D eigenvalue weighted by atomic mass is 10.1. The molecule has 8 heteroatoms. The molecule has 5 rings (SSSR count). The lowest BCUT2D eigenvalue weighted by Crippen LogP contribution is -2.35. The van der Waals surface area contributed by atoms with Crippen molar-refractivity contribution in [3.8, 4) is 5.69 Å². The number of carbonyl (C=O) groups is 1. The molecule has 3 heterocycles. The zero-order valence-corrected chi connectivity index (χ0v) is 19.4. The van der Waals surface area contributed by atoms with Gasteiger partial charge in [0.05, 0.1) is 22.5 Å². The van der Waals surface area contributed by atoms with Crippen LogP contribution in [0.5, 0.6) is 0 Å². The van der Waals surface area contributed by atoms with E-state index >= 15 is 0 Å². The second-order valence-electron chi connectivity index (χ2n) is 8.57. The number of nitrogens with zero attached hydrogens (tertiary/aromatic N) is 4. The summed E-state index contributed by atoms with van der Waals surface area (Å²) in [4.78, 5) is 29.1. The fourth-order valence-corrected chi connectivity index (χ4v) is 4.37. The van der Waals surface area contributed by atoms with Crippen molar-refractivity contribution in [2.24, 2.45) is 0 Å². The molecule has 0 aliphatic heterocycles. The van der Waals surface area contributed by atoms with Gasteiger partial charge in [0, 0.05) is 23.6 Å². The number of carbonyl (C=O) groups excluding carboxylic acids is 1. The number of nitrogens with one attached hydrogen (secondary N) is 2. The maximum atomic E-state index is 13.2. The smallest absolute Gasteiger partial charge is 0.278 e. The summed E-state index contributed by atoms with van der Waals surface area (Å²) < 4.78 is 2.97. The van der Waals surface area contributed by atoms with E-state index in [1.807, 2.05) is 43.5 Å². The van der Waals surface area contributed by atoms with E-state index in [1.54, 1.807) is 11.6 Å². The van der Waals surface area contributed by atoms with Crippen molar-refractivity contribution in [1.82, 2.24) is 29.9 Å². The van der Waals surface area contributed by atoms with Crippen LogP contribution >= 0.6 is 0 Å². The van der Waals surface area contributed by atoms with Crippen LogP contribution < -0.4 is 10.9 Å². The van der Waals surface area contributed by atoms with Crippen LogP contribution in [0, 0.1) is 20.8 Å². The van der Waals surface area contributed by atoms with Gasteiger partial charge in [-0.15, -0.1) is 0 Å². The largest absolute Gasteiger partial charge is 0.361 e. The fourth-order valence-electron chi connectivity index (χ4n) is 4.37. The van der Waals surface area contributed by atoms with Gasteiger partial charge in [-0.25, -0.2) is 9.36 Å². The van der Waals surface area contributed by atoms with Crippen LogP contribution in [0.15, 0.2) is 59.5 Å². The molecule has 2 aromatic carbocycles. The summed E-state index contributed by atoms with van der Waals surface area (Å²) in [6.07, 6.45) is 2.67. The van der Waals surface area contributed by atoms with Gasteiger partial charge < -0.3 is 10.3 Å². The predicted molar refractivity (Wildman–Crippen MR) is 132 cm³/mol. The molecule has 0 aliphatic carbocycles. The molecule has 2 N–H and O–H groups in total. The Hall–Kier alpha value is -4.20. The molecular formula is C26H26N6O2. The first-order valence-electron chi connectivity index (χ1n) is 11.3. The first-order valence-corrected chi connectivity index (χ1v) is 11.3. The molecule has 0 atom stereocenters. The highest BCUT2D eigenvalue weighted by molar-refractivity contribution is 5.84. The molecule has 0 saturated carbocycles. The van der Waals surface area contributed by atoms with Gasteiger partial charge in [-0.3, -0.25) is 9.59 Å². The van der Waals surface area contributed by atoms with Gasteiger partial charge in [-0.2, -0.15) is 10.2 Å². The van der Waals surface area contributed by atoms with Gasteiger partial charge >= 0.3 is 0 Å². The van der Waals surface area contributed by atoms with E-state index < -0.39 is 0 Å². The van der Waals surface area contributed by atoms with E-state index in [1.165, 1.54) is 15.6 Å². The van der Waals surface area contributed by atoms with Crippen molar-refractivity contribution in [3.63, 3.8) is 0 Å². The minimum Gasteiger partial charge on any atom is -0.361 e. The lowest BCUT2D eigenvalue weighted by molar-refractivity contribution is -0.121. The topological polar surface area (TPSA) is 97.6 Å². The molecule has 0 fully saturated rings. The van der Waals surface area contributed by atoms with Crippen molar-refractivity contribution >= 4 is 27.7 Å². The number of hydrogen-bond acceptors (Lipinski definition) is 4. The molecule has 1 amide bonds. The molecule has 5 aromatic rings. The highest BCUT2D eigenvalue weighted by Gasteiger charge is 2.18. The number of amides is 1. The number of aromatic amines is 1. The molecule has 34 heavy (non-hydrogen) atoms. The van der Waals surface area contributed by atoms with E-state index in [4.69, 9.17) is 0 Å². The molecule has 172 valence electrons. The Kier molecular flexibility index (Phi) is 5.49. The van der Waals surface area contributed by atoms with Crippen LogP contribution in [-0.2, 0) is 17.8 Å². The highest BCUT2D eigenvalue weighted by Crippen LogP contribution is 2.21. The Balaban J connectivity index is 1.33. The minimum atomic E-state index is -0.317. The average molecular weight is 455 g/mol. The maximum absolute atomic E-state index is 13.2. The summed E-state index contributed by atoms with van der Waals surface area (Å²) in [7, 11) is 0. The zero-order chi connectivity index (χ0) is 23.8. The second kappa shape index (κ2) is 8.62. The number of aryl methyl sites for hydroxylation is 3. The number of rotatable bonds is 6. The summed E-state index contributed by atoms with van der Waals surface area (Å²) in [6, 6.07) is 15.9. The summed E-state index contributed by atoms with van der Waals surface area (Å²) >= 11 is 0. The first kappa shape index (κ1) is 21.6. The Bertz CT molecular complexity index is 1580. The second-order valence-corrected chi connectivity index (χ2v) is 8.57. The number of aromatic nitrogens is 5. The molecule has 0 bridgehead atoms. The van der Waals surface area contributed by atoms with Gasteiger partial charge in [0.1, 0.15) is 12.1 Å². The van der Waals surface area contributed by atoms with E-state index in [9.17, 15) is 9.59 Å². The number of fused-ring (bicyclic) bond motifs is 2. The van der Waals surface area contributed by atoms with Gasteiger partial charge in [-0.1, -0.05) is 29.8 Å². The highest BCUT2D eigenvalue weighted by atomic mass is 16.2. The average Bonchev–Trinajstić information content (AvgIpc) is 3.39. The molecule has 0 radical (unpaired) electrons. The van der Waals surface area contributed by atoms with Crippen LogP contribution in [0.25, 0.3) is 27.5 Å². The molecule has 0 unspecified atom stereocenters.